The summed E-state index contributed by atoms with van der Waals surface area (Å²) >= 11 is 1.72. The van der Waals surface area contributed by atoms with Crippen LogP contribution in [-0.2, 0) is 6.42 Å². The second-order valence-electron chi connectivity index (χ2n) is 3.33. The molecule has 1 aromatic carbocycles. The first-order valence-corrected chi connectivity index (χ1v) is 6.26. The molecular formula is C13H17NS. The van der Waals surface area contributed by atoms with Gasteiger partial charge in [0.15, 0.2) is 0 Å². The van der Waals surface area contributed by atoms with Crippen LogP contribution >= 0.6 is 11.8 Å². The van der Waals surface area contributed by atoms with Crippen molar-refractivity contribution < 1.29 is 0 Å². The Labute approximate surface area is 96.3 Å². The molecule has 0 unspecified atom stereocenters. The maximum absolute atomic E-state index is 3.99. The van der Waals surface area contributed by atoms with E-state index >= 15 is 0 Å². The average molecular weight is 219 g/mol. The topological polar surface area (TPSA) is 12.4 Å². The molecule has 0 spiro atoms. The lowest BCUT2D eigenvalue weighted by Gasteiger charge is -2.07. The number of rotatable bonds is 4. The molecule has 0 aliphatic rings. The number of hydrogen-bond acceptors (Lipinski definition) is 2. The molecule has 2 heteroatoms. The average Bonchev–Trinajstić information content (AvgIpc) is 2.30. The molecule has 1 rings (SSSR count). The summed E-state index contributed by atoms with van der Waals surface area (Å²) in [5.41, 5.74) is 3.58. The van der Waals surface area contributed by atoms with Gasteiger partial charge < -0.3 is 0 Å². The summed E-state index contributed by atoms with van der Waals surface area (Å²) in [4.78, 5) is 5.19. The molecule has 0 aliphatic heterocycles. The van der Waals surface area contributed by atoms with Gasteiger partial charge in [0.25, 0.3) is 0 Å². The Kier molecular flexibility index (Phi) is 4.63. The number of thioether (sulfide) groups is 1. The van der Waals surface area contributed by atoms with Gasteiger partial charge in [0, 0.05) is 4.91 Å². The zero-order valence-electron chi connectivity index (χ0n) is 9.58. The van der Waals surface area contributed by atoms with Gasteiger partial charge in [-0.25, -0.2) is 0 Å². The molecule has 0 N–H and O–H groups in total. The van der Waals surface area contributed by atoms with Crippen LogP contribution in [0.2, 0.25) is 0 Å². The van der Waals surface area contributed by atoms with E-state index in [4.69, 9.17) is 0 Å². The van der Waals surface area contributed by atoms with Crippen molar-refractivity contribution >= 4 is 23.4 Å². The van der Waals surface area contributed by atoms with Gasteiger partial charge in [-0.1, -0.05) is 31.2 Å². The zero-order chi connectivity index (χ0) is 11.3. The van der Waals surface area contributed by atoms with Gasteiger partial charge in [0.1, 0.15) is 0 Å². The van der Waals surface area contributed by atoms with E-state index in [1.54, 1.807) is 11.8 Å². The molecule has 0 bridgehead atoms. The Balaban J connectivity index is 3.09. The Bertz CT molecular complexity index is 363. The van der Waals surface area contributed by atoms with E-state index in [9.17, 15) is 0 Å². The summed E-state index contributed by atoms with van der Waals surface area (Å²) in [6.45, 7) is 7.72. The second kappa shape index (κ2) is 5.76. The predicted octanol–water partition coefficient (Wildman–Crippen LogP) is 4.00. The van der Waals surface area contributed by atoms with Crippen LogP contribution in [0.5, 0.6) is 0 Å². The van der Waals surface area contributed by atoms with Crippen molar-refractivity contribution in [2.75, 3.05) is 6.26 Å². The summed E-state index contributed by atoms with van der Waals surface area (Å²) in [6, 6.07) is 8.64. The molecule has 80 valence electrons. The fourth-order valence-corrected chi connectivity index (χ4v) is 2.17. The molecule has 0 radical (unpaired) electrons. The molecule has 1 aromatic rings. The number of benzene rings is 1. The largest absolute Gasteiger partial charge is 0.268 e. The number of nitrogens with zero attached hydrogens (tertiary/aromatic N) is 1. The first-order valence-electron chi connectivity index (χ1n) is 5.03. The van der Waals surface area contributed by atoms with Crippen molar-refractivity contribution in [3.05, 3.63) is 41.1 Å². The summed E-state index contributed by atoms with van der Waals surface area (Å²) in [5, 5.41) is 0. The van der Waals surface area contributed by atoms with Gasteiger partial charge in [0.2, 0.25) is 0 Å². The smallest absolute Gasteiger partial charge is 0.0506 e. The van der Waals surface area contributed by atoms with Gasteiger partial charge in [0.05, 0.1) is 5.70 Å². The maximum Gasteiger partial charge on any atom is 0.0506 e. The molecule has 1 nitrogen and oxygen atoms in total. The third-order valence-corrected chi connectivity index (χ3v) is 3.33. The van der Waals surface area contributed by atoms with Gasteiger partial charge >= 0.3 is 0 Å². The monoisotopic (exact) mass is 219 g/mol. The second-order valence-corrected chi connectivity index (χ2v) is 4.14. The summed E-state index contributed by atoms with van der Waals surface area (Å²) in [7, 11) is 0. The zero-order valence-corrected chi connectivity index (χ0v) is 10.4. The molecular weight excluding hydrogens is 202 g/mol. The molecule has 0 heterocycles. The lowest BCUT2D eigenvalue weighted by molar-refractivity contribution is 1.14. The third-order valence-electron chi connectivity index (χ3n) is 2.39. The first kappa shape index (κ1) is 12.1. The van der Waals surface area contributed by atoms with E-state index in [1.165, 1.54) is 16.0 Å². The van der Waals surface area contributed by atoms with Gasteiger partial charge in [-0.2, -0.15) is 0 Å². The van der Waals surface area contributed by atoms with E-state index in [1.807, 2.05) is 6.92 Å². The van der Waals surface area contributed by atoms with E-state index in [0.29, 0.717) is 0 Å². The number of hydrogen-bond donors (Lipinski definition) is 0. The molecule has 0 saturated heterocycles. The molecule has 0 aromatic heterocycles. The lowest BCUT2D eigenvalue weighted by Crippen LogP contribution is -1.85. The van der Waals surface area contributed by atoms with Gasteiger partial charge in [-0.05, 0) is 37.4 Å². The van der Waals surface area contributed by atoms with Crippen molar-refractivity contribution in [2.24, 2.45) is 4.99 Å². The van der Waals surface area contributed by atoms with Crippen LogP contribution in [-0.4, -0.2) is 13.0 Å². The number of allylic oxidation sites excluding steroid dienone is 1. The third kappa shape index (κ3) is 2.96. The van der Waals surface area contributed by atoms with Crippen molar-refractivity contribution in [3.63, 3.8) is 0 Å². The number of aryl methyl sites for hydroxylation is 1. The molecule has 0 saturated carbocycles. The highest BCUT2D eigenvalue weighted by molar-refractivity contribution is 8.07. The normalized spacial score (nSPS) is 12.2. The number of aliphatic imine (C=N–C) groups is 1. The molecule has 15 heavy (non-hydrogen) atoms. The Morgan fingerprint density at radius 3 is 2.33 bits per heavy atom. The van der Waals surface area contributed by atoms with Crippen molar-refractivity contribution in [1.82, 2.24) is 0 Å². The fourth-order valence-electron chi connectivity index (χ4n) is 1.44. The van der Waals surface area contributed by atoms with Crippen molar-refractivity contribution in [1.29, 1.82) is 0 Å². The fraction of sp³-hybridized carbons (Fsp3) is 0.308. The van der Waals surface area contributed by atoms with Crippen LogP contribution in [0, 0.1) is 0 Å². The SMILES string of the molecule is C=N/C(C)=C(\SC)c1ccc(CC)cc1. The highest BCUT2D eigenvalue weighted by atomic mass is 32.2. The van der Waals surface area contributed by atoms with E-state index in [0.717, 1.165) is 12.1 Å². The Morgan fingerprint density at radius 1 is 1.33 bits per heavy atom. The Hall–Kier alpha value is -1.02. The minimum Gasteiger partial charge on any atom is -0.268 e. The van der Waals surface area contributed by atoms with Crippen LogP contribution in [0.25, 0.3) is 4.91 Å². The van der Waals surface area contributed by atoms with Gasteiger partial charge in [-0.3, -0.25) is 4.99 Å². The molecule has 0 aliphatic carbocycles. The van der Waals surface area contributed by atoms with Crippen LogP contribution < -0.4 is 0 Å². The standard InChI is InChI=1S/C13H17NS/c1-5-11-6-8-12(9-7-11)13(15-4)10(2)14-3/h6-9H,3,5H2,1-2,4H3/b13-10-. The van der Waals surface area contributed by atoms with E-state index in [-0.39, 0.29) is 0 Å². The van der Waals surface area contributed by atoms with Crippen LogP contribution in [0.3, 0.4) is 0 Å². The van der Waals surface area contributed by atoms with Gasteiger partial charge in [-0.15, -0.1) is 11.8 Å². The van der Waals surface area contributed by atoms with Crippen LogP contribution in [0.15, 0.2) is 35.0 Å². The van der Waals surface area contributed by atoms with Crippen molar-refractivity contribution in [3.8, 4) is 0 Å². The lowest BCUT2D eigenvalue weighted by atomic mass is 10.1. The predicted molar refractivity (Wildman–Crippen MR) is 71.5 cm³/mol. The van der Waals surface area contributed by atoms with Crippen LogP contribution in [0.4, 0.5) is 0 Å². The minimum absolute atomic E-state index is 0.992. The highest BCUT2D eigenvalue weighted by Crippen LogP contribution is 2.29. The quantitative estimate of drug-likeness (QED) is 0.697. The first-order chi connectivity index (χ1) is 7.22. The molecule has 0 atom stereocenters. The van der Waals surface area contributed by atoms with E-state index in [2.05, 4.69) is 49.2 Å². The summed E-state index contributed by atoms with van der Waals surface area (Å²) < 4.78 is 0. The molecule has 0 fully saturated rings. The summed E-state index contributed by atoms with van der Waals surface area (Å²) in [5.74, 6) is 0. The maximum atomic E-state index is 3.99. The Morgan fingerprint density at radius 2 is 1.93 bits per heavy atom. The van der Waals surface area contributed by atoms with Crippen molar-refractivity contribution in [2.45, 2.75) is 20.3 Å². The molecule has 0 amide bonds. The summed E-state index contributed by atoms with van der Waals surface area (Å²) in [6.07, 6.45) is 3.15. The van der Waals surface area contributed by atoms with Crippen LogP contribution in [0.1, 0.15) is 25.0 Å². The highest BCUT2D eigenvalue weighted by Gasteiger charge is 2.03. The minimum atomic E-state index is 0.992. The van der Waals surface area contributed by atoms with E-state index < -0.39 is 0 Å².